The SMILES string of the molecule is O=C(O)[C@H]1CCN(C(=O)c2c(-c3cccc(Cl)c3)n[nH]c2CCCCOCc2cccc(Cl)c2)C1. The number of H-pyrrole nitrogens is 1. The third-order valence-corrected chi connectivity index (χ3v) is 6.57. The van der Waals surface area contributed by atoms with Gasteiger partial charge >= 0.3 is 5.97 Å². The topological polar surface area (TPSA) is 95.5 Å². The Hall–Kier alpha value is -2.87. The van der Waals surface area contributed by atoms with Crippen LogP contribution in [0.5, 0.6) is 0 Å². The van der Waals surface area contributed by atoms with Crippen molar-refractivity contribution in [2.45, 2.75) is 32.3 Å². The number of hydrogen-bond donors (Lipinski definition) is 2. The number of hydrogen-bond acceptors (Lipinski definition) is 4. The van der Waals surface area contributed by atoms with E-state index in [9.17, 15) is 14.7 Å². The minimum atomic E-state index is -0.874. The molecule has 2 heterocycles. The standard InChI is InChI=1S/C26H27Cl2N3O4/c27-20-7-3-5-17(13-20)16-35-12-2-1-9-22-23(25(32)31-11-10-19(15-31)26(33)34)24(30-29-22)18-6-4-8-21(28)14-18/h3-8,13-14,19H,1-2,9-12,15-16H2,(H,29,30)(H,33,34)/t19-/m0/s1. The van der Waals surface area contributed by atoms with Gasteiger partial charge in [-0.2, -0.15) is 5.10 Å². The highest BCUT2D eigenvalue weighted by molar-refractivity contribution is 6.31. The van der Waals surface area contributed by atoms with Gasteiger partial charge in [0, 0.05) is 41.0 Å². The van der Waals surface area contributed by atoms with E-state index in [-0.39, 0.29) is 12.5 Å². The number of ether oxygens (including phenoxy) is 1. The van der Waals surface area contributed by atoms with Crippen molar-refractivity contribution in [3.05, 3.63) is 75.4 Å². The second kappa shape index (κ2) is 11.7. The third kappa shape index (κ3) is 6.42. The molecule has 0 bridgehead atoms. The number of amides is 1. The fourth-order valence-corrected chi connectivity index (χ4v) is 4.66. The normalized spacial score (nSPS) is 15.5. The summed E-state index contributed by atoms with van der Waals surface area (Å²) in [5.74, 6) is -1.62. The summed E-state index contributed by atoms with van der Waals surface area (Å²) in [4.78, 5) is 26.5. The highest BCUT2D eigenvalue weighted by Gasteiger charge is 2.34. The molecule has 1 saturated heterocycles. The van der Waals surface area contributed by atoms with E-state index in [0.29, 0.717) is 53.9 Å². The second-order valence-electron chi connectivity index (χ2n) is 8.65. The summed E-state index contributed by atoms with van der Waals surface area (Å²) in [6, 6.07) is 14.8. The molecule has 0 spiro atoms. The van der Waals surface area contributed by atoms with Gasteiger partial charge in [0.15, 0.2) is 0 Å². The highest BCUT2D eigenvalue weighted by Crippen LogP contribution is 2.30. The van der Waals surface area contributed by atoms with Crippen LogP contribution in [0.25, 0.3) is 11.3 Å². The Kier molecular flexibility index (Phi) is 8.44. The maximum absolute atomic E-state index is 13.5. The number of aryl methyl sites for hydroxylation is 1. The number of rotatable bonds is 10. The number of carbonyl (C=O) groups is 2. The molecule has 3 aromatic rings. The van der Waals surface area contributed by atoms with Crippen LogP contribution in [0.2, 0.25) is 10.0 Å². The number of aromatic amines is 1. The molecular weight excluding hydrogens is 489 g/mol. The van der Waals surface area contributed by atoms with Crippen LogP contribution in [0, 0.1) is 5.92 Å². The van der Waals surface area contributed by atoms with E-state index in [0.717, 1.165) is 29.7 Å². The quantitative estimate of drug-likeness (QED) is 0.349. The summed E-state index contributed by atoms with van der Waals surface area (Å²) in [5, 5.41) is 18.1. The van der Waals surface area contributed by atoms with E-state index in [4.69, 9.17) is 27.9 Å². The molecule has 0 saturated carbocycles. The zero-order valence-electron chi connectivity index (χ0n) is 19.2. The predicted molar refractivity (Wildman–Crippen MR) is 135 cm³/mol. The molecular formula is C26H27Cl2N3O4. The molecule has 1 aliphatic heterocycles. The Balaban J connectivity index is 1.42. The summed E-state index contributed by atoms with van der Waals surface area (Å²) < 4.78 is 5.76. The predicted octanol–water partition coefficient (Wildman–Crippen LogP) is 5.47. The Labute approximate surface area is 214 Å². The van der Waals surface area contributed by atoms with Crippen LogP contribution in [0.3, 0.4) is 0 Å². The first-order valence-electron chi connectivity index (χ1n) is 11.6. The van der Waals surface area contributed by atoms with E-state index in [1.165, 1.54) is 0 Å². The average Bonchev–Trinajstić information content (AvgIpc) is 3.49. The van der Waals surface area contributed by atoms with Crippen molar-refractivity contribution in [2.24, 2.45) is 5.92 Å². The smallest absolute Gasteiger partial charge is 0.308 e. The lowest BCUT2D eigenvalue weighted by Crippen LogP contribution is -2.30. The van der Waals surface area contributed by atoms with Gasteiger partial charge in [-0.1, -0.05) is 47.5 Å². The van der Waals surface area contributed by atoms with Crippen molar-refractivity contribution in [2.75, 3.05) is 19.7 Å². The van der Waals surface area contributed by atoms with E-state index in [2.05, 4.69) is 10.2 Å². The van der Waals surface area contributed by atoms with Gasteiger partial charge in [-0.3, -0.25) is 14.7 Å². The molecule has 4 rings (SSSR count). The van der Waals surface area contributed by atoms with Gasteiger partial charge < -0.3 is 14.7 Å². The Bertz CT molecular complexity index is 1200. The van der Waals surface area contributed by atoms with Crippen molar-refractivity contribution in [3.8, 4) is 11.3 Å². The van der Waals surface area contributed by atoms with Gasteiger partial charge in [-0.15, -0.1) is 0 Å². The molecule has 1 aromatic heterocycles. The third-order valence-electron chi connectivity index (χ3n) is 6.10. The second-order valence-corrected chi connectivity index (χ2v) is 9.52. The van der Waals surface area contributed by atoms with Crippen LogP contribution >= 0.6 is 23.2 Å². The van der Waals surface area contributed by atoms with Crippen molar-refractivity contribution in [1.29, 1.82) is 0 Å². The van der Waals surface area contributed by atoms with Gasteiger partial charge in [-0.05, 0) is 55.5 Å². The number of halogens is 2. The average molecular weight is 516 g/mol. The zero-order valence-corrected chi connectivity index (χ0v) is 20.7. The number of aromatic nitrogens is 2. The van der Waals surface area contributed by atoms with Gasteiger partial charge in [-0.25, -0.2) is 0 Å². The highest BCUT2D eigenvalue weighted by atomic mass is 35.5. The first-order chi connectivity index (χ1) is 16.9. The number of benzene rings is 2. The van der Waals surface area contributed by atoms with Crippen LogP contribution < -0.4 is 0 Å². The van der Waals surface area contributed by atoms with E-state index < -0.39 is 11.9 Å². The molecule has 1 aliphatic rings. The van der Waals surface area contributed by atoms with Gasteiger partial charge in [0.2, 0.25) is 0 Å². The fourth-order valence-electron chi connectivity index (χ4n) is 4.26. The fraction of sp³-hybridized carbons (Fsp3) is 0.346. The molecule has 1 fully saturated rings. The van der Waals surface area contributed by atoms with Gasteiger partial charge in [0.05, 0.1) is 18.1 Å². The van der Waals surface area contributed by atoms with Crippen molar-refractivity contribution in [3.63, 3.8) is 0 Å². The molecule has 2 N–H and O–H groups in total. The number of carboxylic acids is 1. The number of nitrogens with one attached hydrogen (secondary N) is 1. The Morgan fingerprint density at radius 2 is 1.89 bits per heavy atom. The van der Waals surface area contributed by atoms with Crippen LogP contribution in [0.1, 0.15) is 40.9 Å². The van der Waals surface area contributed by atoms with Crippen molar-refractivity contribution < 1.29 is 19.4 Å². The largest absolute Gasteiger partial charge is 0.481 e. The van der Waals surface area contributed by atoms with Crippen LogP contribution in [0.15, 0.2) is 48.5 Å². The maximum atomic E-state index is 13.5. The maximum Gasteiger partial charge on any atom is 0.308 e. The molecule has 184 valence electrons. The minimum absolute atomic E-state index is 0.200. The summed E-state index contributed by atoms with van der Waals surface area (Å²) >= 11 is 12.2. The number of unbranched alkanes of at least 4 members (excludes halogenated alkanes) is 1. The Morgan fingerprint density at radius 3 is 2.60 bits per heavy atom. The molecule has 0 radical (unpaired) electrons. The van der Waals surface area contributed by atoms with Crippen molar-refractivity contribution >= 4 is 35.1 Å². The van der Waals surface area contributed by atoms with Crippen LogP contribution in [0.4, 0.5) is 0 Å². The van der Waals surface area contributed by atoms with E-state index >= 15 is 0 Å². The lowest BCUT2D eigenvalue weighted by atomic mass is 10.0. The summed E-state index contributed by atoms with van der Waals surface area (Å²) in [6.45, 7) is 1.68. The van der Waals surface area contributed by atoms with E-state index in [1.807, 2.05) is 36.4 Å². The molecule has 7 nitrogen and oxygen atoms in total. The molecule has 9 heteroatoms. The number of aliphatic carboxylic acids is 1. The number of likely N-dealkylation sites (tertiary alicyclic amines) is 1. The molecule has 1 atom stereocenters. The van der Waals surface area contributed by atoms with E-state index in [1.54, 1.807) is 17.0 Å². The minimum Gasteiger partial charge on any atom is -0.481 e. The number of carboxylic acid groups (broad SMARTS) is 1. The monoisotopic (exact) mass is 515 g/mol. The summed E-state index contributed by atoms with van der Waals surface area (Å²) in [7, 11) is 0. The number of nitrogens with zero attached hydrogens (tertiary/aromatic N) is 2. The summed E-state index contributed by atoms with van der Waals surface area (Å²) in [5.41, 5.74) is 3.51. The first kappa shape index (κ1) is 25.2. The van der Waals surface area contributed by atoms with Crippen LogP contribution in [-0.4, -0.2) is 51.8 Å². The molecule has 0 unspecified atom stereocenters. The van der Waals surface area contributed by atoms with Gasteiger partial charge in [0.25, 0.3) is 5.91 Å². The molecule has 35 heavy (non-hydrogen) atoms. The molecule has 2 aromatic carbocycles. The zero-order chi connectivity index (χ0) is 24.8. The summed E-state index contributed by atoms with van der Waals surface area (Å²) in [6.07, 6.45) is 2.67. The lowest BCUT2D eigenvalue weighted by Gasteiger charge is -2.17. The van der Waals surface area contributed by atoms with Crippen molar-refractivity contribution in [1.82, 2.24) is 15.1 Å². The lowest BCUT2D eigenvalue weighted by molar-refractivity contribution is -0.141. The van der Waals surface area contributed by atoms with Gasteiger partial charge in [0.1, 0.15) is 5.69 Å². The molecule has 1 amide bonds. The number of carbonyl (C=O) groups excluding carboxylic acids is 1. The first-order valence-corrected chi connectivity index (χ1v) is 12.4. The van der Waals surface area contributed by atoms with Crippen LogP contribution in [-0.2, 0) is 22.6 Å². The molecule has 0 aliphatic carbocycles. The Morgan fingerprint density at radius 1 is 1.11 bits per heavy atom.